The highest BCUT2D eigenvalue weighted by Crippen LogP contribution is 2.27. The third kappa shape index (κ3) is 8.66. The van der Waals surface area contributed by atoms with E-state index in [1.54, 1.807) is 32.4 Å². The molecule has 0 aliphatic heterocycles. The van der Waals surface area contributed by atoms with Crippen LogP contribution in [0.1, 0.15) is 30.4 Å². The number of halogens is 1. The van der Waals surface area contributed by atoms with E-state index in [1.807, 2.05) is 18.2 Å². The highest BCUT2D eigenvalue weighted by atomic mass is 19.1. The number of hydrogen-bond donors (Lipinski definition) is 2. The molecule has 0 fully saturated rings. The van der Waals surface area contributed by atoms with Crippen LogP contribution in [0, 0.1) is 5.82 Å². The number of rotatable bonds is 13. The molecule has 0 aromatic heterocycles. The summed E-state index contributed by atoms with van der Waals surface area (Å²) in [7, 11) is 3.28. The van der Waals surface area contributed by atoms with E-state index >= 15 is 0 Å². The van der Waals surface area contributed by atoms with Gasteiger partial charge in [0.2, 0.25) is 5.91 Å². The Balaban J connectivity index is 1.50. The molecule has 5 nitrogen and oxygen atoms in total. The van der Waals surface area contributed by atoms with Crippen LogP contribution in [0.5, 0.6) is 11.5 Å². The van der Waals surface area contributed by atoms with Gasteiger partial charge in [-0.05, 0) is 67.7 Å². The second-order valence-corrected chi connectivity index (χ2v) is 6.90. The van der Waals surface area contributed by atoms with E-state index in [2.05, 4.69) is 16.7 Å². The SMILES string of the molecule is COc1ccc(CCCNCCCNC(=O)C/C=C/c2ccc(F)cc2)cc1OC. The van der Waals surface area contributed by atoms with Crippen molar-refractivity contribution in [1.29, 1.82) is 0 Å². The van der Waals surface area contributed by atoms with Gasteiger partial charge in [0.1, 0.15) is 5.82 Å². The number of aryl methyl sites for hydroxylation is 1. The van der Waals surface area contributed by atoms with E-state index < -0.39 is 0 Å². The molecule has 0 spiro atoms. The molecule has 30 heavy (non-hydrogen) atoms. The second-order valence-electron chi connectivity index (χ2n) is 6.90. The lowest BCUT2D eigenvalue weighted by molar-refractivity contribution is -0.120. The fraction of sp³-hybridized carbons (Fsp3) is 0.375. The number of benzene rings is 2. The topological polar surface area (TPSA) is 59.6 Å². The Kier molecular flexibility index (Phi) is 10.4. The van der Waals surface area contributed by atoms with Crippen molar-refractivity contribution in [2.75, 3.05) is 33.9 Å². The fourth-order valence-electron chi connectivity index (χ4n) is 2.97. The number of ether oxygens (including phenoxy) is 2. The first-order valence-corrected chi connectivity index (χ1v) is 10.2. The van der Waals surface area contributed by atoms with E-state index in [1.165, 1.54) is 17.7 Å². The molecule has 0 atom stereocenters. The van der Waals surface area contributed by atoms with E-state index in [4.69, 9.17) is 9.47 Å². The first kappa shape index (κ1) is 23.4. The minimum absolute atomic E-state index is 0.0122. The van der Waals surface area contributed by atoms with Crippen molar-refractivity contribution in [1.82, 2.24) is 10.6 Å². The van der Waals surface area contributed by atoms with Crippen molar-refractivity contribution in [3.63, 3.8) is 0 Å². The first-order valence-electron chi connectivity index (χ1n) is 10.2. The molecular formula is C24H31FN2O3. The normalized spacial score (nSPS) is 10.9. The number of hydrogen-bond acceptors (Lipinski definition) is 4. The van der Waals surface area contributed by atoms with Gasteiger partial charge in [0.15, 0.2) is 11.5 Å². The molecule has 2 rings (SSSR count). The molecule has 2 aromatic carbocycles. The molecule has 0 heterocycles. The largest absolute Gasteiger partial charge is 0.493 e. The highest BCUT2D eigenvalue weighted by molar-refractivity contribution is 5.78. The Labute approximate surface area is 178 Å². The van der Waals surface area contributed by atoms with Gasteiger partial charge in [-0.25, -0.2) is 4.39 Å². The fourth-order valence-corrected chi connectivity index (χ4v) is 2.97. The summed E-state index contributed by atoms with van der Waals surface area (Å²) in [4.78, 5) is 11.8. The maximum absolute atomic E-state index is 12.8. The molecule has 0 saturated heterocycles. The summed E-state index contributed by atoms with van der Waals surface area (Å²) >= 11 is 0. The Hall–Kier alpha value is -2.86. The van der Waals surface area contributed by atoms with Crippen LogP contribution in [0.2, 0.25) is 0 Å². The zero-order valence-electron chi connectivity index (χ0n) is 17.7. The molecule has 0 aliphatic rings. The van der Waals surface area contributed by atoms with Gasteiger partial charge in [0.25, 0.3) is 0 Å². The second kappa shape index (κ2) is 13.4. The Morgan fingerprint density at radius 1 is 0.967 bits per heavy atom. The summed E-state index contributed by atoms with van der Waals surface area (Å²) in [5, 5.41) is 6.30. The highest BCUT2D eigenvalue weighted by Gasteiger charge is 2.04. The molecule has 1 amide bonds. The minimum atomic E-state index is -0.264. The van der Waals surface area contributed by atoms with Crippen LogP contribution >= 0.6 is 0 Å². The van der Waals surface area contributed by atoms with Crippen LogP contribution in [-0.4, -0.2) is 39.8 Å². The molecule has 0 radical (unpaired) electrons. The van der Waals surface area contributed by atoms with Crippen molar-refractivity contribution in [3.05, 3.63) is 65.5 Å². The van der Waals surface area contributed by atoms with Gasteiger partial charge >= 0.3 is 0 Å². The van der Waals surface area contributed by atoms with Crippen LogP contribution in [0.3, 0.4) is 0 Å². The van der Waals surface area contributed by atoms with E-state index in [0.29, 0.717) is 13.0 Å². The molecule has 162 valence electrons. The molecule has 0 saturated carbocycles. The minimum Gasteiger partial charge on any atom is -0.493 e. The third-order valence-electron chi connectivity index (χ3n) is 4.60. The van der Waals surface area contributed by atoms with Gasteiger partial charge in [-0.3, -0.25) is 4.79 Å². The number of carbonyl (C=O) groups excluding carboxylic acids is 1. The molecule has 0 aliphatic carbocycles. The summed E-state index contributed by atoms with van der Waals surface area (Å²) in [6.45, 7) is 2.42. The van der Waals surface area contributed by atoms with Gasteiger partial charge in [-0.1, -0.05) is 30.4 Å². The molecular weight excluding hydrogens is 383 g/mol. The lowest BCUT2D eigenvalue weighted by Crippen LogP contribution is -2.27. The van der Waals surface area contributed by atoms with Crippen molar-refractivity contribution in [3.8, 4) is 11.5 Å². The van der Waals surface area contributed by atoms with E-state index in [9.17, 15) is 9.18 Å². The Morgan fingerprint density at radius 3 is 2.43 bits per heavy atom. The monoisotopic (exact) mass is 414 g/mol. The third-order valence-corrected chi connectivity index (χ3v) is 4.60. The number of nitrogens with one attached hydrogen (secondary N) is 2. The molecule has 0 unspecified atom stereocenters. The standard InChI is InChI=1S/C24H31FN2O3/c1-29-22-14-11-20(18-23(22)30-2)7-4-15-26-16-5-17-27-24(28)8-3-6-19-9-12-21(25)13-10-19/h3,6,9-14,18,26H,4-5,7-8,15-17H2,1-2H3,(H,27,28)/b6-3+. The van der Waals surface area contributed by atoms with Crippen molar-refractivity contribution >= 4 is 12.0 Å². The van der Waals surface area contributed by atoms with Crippen LogP contribution in [0.15, 0.2) is 48.5 Å². The summed E-state index contributed by atoms with van der Waals surface area (Å²) in [6, 6.07) is 12.2. The van der Waals surface area contributed by atoms with Crippen LogP contribution in [0.4, 0.5) is 4.39 Å². The Bertz CT molecular complexity index is 807. The number of carbonyl (C=O) groups is 1. The van der Waals surface area contributed by atoms with Crippen LogP contribution < -0.4 is 20.1 Å². The van der Waals surface area contributed by atoms with Crippen LogP contribution in [0.25, 0.3) is 6.08 Å². The molecule has 2 aromatic rings. The van der Waals surface area contributed by atoms with Crippen LogP contribution in [-0.2, 0) is 11.2 Å². The average Bonchev–Trinajstić information content (AvgIpc) is 2.76. The van der Waals surface area contributed by atoms with Crippen molar-refractivity contribution in [2.24, 2.45) is 0 Å². The summed E-state index contributed by atoms with van der Waals surface area (Å²) in [5.41, 5.74) is 2.09. The average molecular weight is 415 g/mol. The Morgan fingerprint density at radius 2 is 1.70 bits per heavy atom. The van der Waals surface area contributed by atoms with E-state index in [-0.39, 0.29) is 11.7 Å². The van der Waals surface area contributed by atoms with Gasteiger partial charge in [0, 0.05) is 13.0 Å². The summed E-state index contributed by atoms with van der Waals surface area (Å²) < 4.78 is 23.4. The number of methoxy groups -OCH3 is 2. The number of amides is 1. The van der Waals surface area contributed by atoms with Gasteiger partial charge in [-0.15, -0.1) is 0 Å². The van der Waals surface area contributed by atoms with Crippen molar-refractivity contribution in [2.45, 2.75) is 25.7 Å². The molecule has 2 N–H and O–H groups in total. The zero-order chi connectivity index (χ0) is 21.6. The molecule has 0 bridgehead atoms. The summed E-state index contributed by atoms with van der Waals surface area (Å²) in [6.07, 6.45) is 6.79. The van der Waals surface area contributed by atoms with E-state index in [0.717, 1.165) is 49.4 Å². The smallest absolute Gasteiger partial charge is 0.223 e. The first-order chi connectivity index (χ1) is 14.6. The van der Waals surface area contributed by atoms with Crippen molar-refractivity contribution < 1.29 is 18.7 Å². The predicted octanol–water partition coefficient (Wildman–Crippen LogP) is 3.97. The molecule has 6 heteroatoms. The lowest BCUT2D eigenvalue weighted by atomic mass is 10.1. The lowest BCUT2D eigenvalue weighted by Gasteiger charge is -2.10. The summed E-state index contributed by atoms with van der Waals surface area (Å²) in [5.74, 6) is 1.22. The maximum atomic E-state index is 12.8. The van der Waals surface area contributed by atoms with Gasteiger partial charge < -0.3 is 20.1 Å². The zero-order valence-corrected chi connectivity index (χ0v) is 17.7. The van der Waals surface area contributed by atoms with Gasteiger partial charge in [-0.2, -0.15) is 0 Å². The quantitative estimate of drug-likeness (QED) is 0.487. The predicted molar refractivity (Wildman–Crippen MR) is 118 cm³/mol. The maximum Gasteiger partial charge on any atom is 0.223 e. The van der Waals surface area contributed by atoms with Gasteiger partial charge in [0.05, 0.1) is 14.2 Å².